The van der Waals surface area contributed by atoms with E-state index in [0.717, 1.165) is 0 Å². The Hall–Kier alpha value is -2.08. The molecule has 1 aliphatic rings. The lowest BCUT2D eigenvalue weighted by Crippen LogP contribution is -2.14. The highest BCUT2D eigenvalue weighted by molar-refractivity contribution is 5.43. The first-order valence-electron chi connectivity index (χ1n) is 8.69. The van der Waals surface area contributed by atoms with Crippen LogP contribution in [0.25, 0.3) is 0 Å². The van der Waals surface area contributed by atoms with E-state index >= 15 is 0 Å². The van der Waals surface area contributed by atoms with Gasteiger partial charge in [0.15, 0.2) is 0 Å². The second-order valence-electron chi connectivity index (χ2n) is 6.71. The van der Waals surface area contributed by atoms with Crippen LogP contribution < -0.4 is 0 Å². The molecular formula is C23H26. The topological polar surface area (TPSA) is 0 Å². The van der Waals surface area contributed by atoms with Gasteiger partial charge in [-0.2, -0.15) is 0 Å². The predicted octanol–water partition coefficient (Wildman–Crippen LogP) is 6.35. The molecule has 1 unspecified atom stereocenters. The van der Waals surface area contributed by atoms with Gasteiger partial charge in [0.25, 0.3) is 0 Å². The fourth-order valence-electron chi connectivity index (χ4n) is 3.73. The maximum absolute atomic E-state index is 2.39. The van der Waals surface area contributed by atoms with E-state index in [0.29, 0.717) is 11.8 Å². The van der Waals surface area contributed by atoms with Gasteiger partial charge in [-0.15, -0.1) is 0 Å². The van der Waals surface area contributed by atoms with Crippen molar-refractivity contribution in [1.29, 1.82) is 0 Å². The van der Waals surface area contributed by atoms with Crippen molar-refractivity contribution in [2.24, 2.45) is 5.92 Å². The molecule has 0 heteroatoms. The van der Waals surface area contributed by atoms with E-state index in [1.165, 1.54) is 35.1 Å². The van der Waals surface area contributed by atoms with E-state index in [-0.39, 0.29) is 0 Å². The van der Waals surface area contributed by atoms with Crippen LogP contribution >= 0.6 is 0 Å². The van der Waals surface area contributed by atoms with Gasteiger partial charge < -0.3 is 0 Å². The predicted molar refractivity (Wildman–Crippen MR) is 99.8 cm³/mol. The van der Waals surface area contributed by atoms with Crippen LogP contribution in [0.4, 0.5) is 0 Å². The molecule has 0 radical (unpaired) electrons. The summed E-state index contributed by atoms with van der Waals surface area (Å²) in [4.78, 5) is 0. The van der Waals surface area contributed by atoms with Gasteiger partial charge in [-0.25, -0.2) is 0 Å². The Balaban J connectivity index is 2.07. The van der Waals surface area contributed by atoms with E-state index < -0.39 is 0 Å². The SMILES string of the molecule is CCCC1=CC=CC1C(c1cccc(C)c1)c1cccc(C)c1. The van der Waals surface area contributed by atoms with Crippen molar-refractivity contribution in [2.45, 2.75) is 39.5 Å². The van der Waals surface area contributed by atoms with Crippen LogP contribution in [0.1, 0.15) is 47.9 Å². The van der Waals surface area contributed by atoms with Gasteiger partial charge in [0, 0.05) is 11.8 Å². The van der Waals surface area contributed by atoms with Crippen molar-refractivity contribution in [3.63, 3.8) is 0 Å². The third-order valence-electron chi connectivity index (χ3n) is 4.76. The van der Waals surface area contributed by atoms with Gasteiger partial charge >= 0.3 is 0 Å². The Kier molecular flexibility index (Phi) is 4.81. The monoisotopic (exact) mass is 302 g/mol. The van der Waals surface area contributed by atoms with Crippen molar-refractivity contribution in [1.82, 2.24) is 0 Å². The highest BCUT2D eigenvalue weighted by Crippen LogP contribution is 2.41. The molecule has 0 spiro atoms. The fraction of sp³-hybridized carbons (Fsp3) is 0.304. The fourth-order valence-corrected chi connectivity index (χ4v) is 3.73. The average Bonchev–Trinajstić information content (AvgIpc) is 2.96. The van der Waals surface area contributed by atoms with E-state index in [9.17, 15) is 0 Å². The smallest absolute Gasteiger partial charge is 0.0190 e. The summed E-state index contributed by atoms with van der Waals surface area (Å²) in [6.07, 6.45) is 9.35. The Morgan fingerprint density at radius 1 is 0.913 bits per heavy atom. The molecule has 118 valence electrons. The molecule has 0 heterocycles. The van der Waals surface area contributed by atoms with Gasteiger partial charge in [-0.3, -0.25) is 0 Å². The summed E-state index contributed by atoms with van der Waals surface area (Å²) in [6.45, 7) is 6.64. The zero-order valence-corrected chi connectivity index (χ0v) is 14.4. The largest absolute Gasteiger partial charge is 0.0764 e. The first kappa shape index (κ1) is 15.8. The number of aryl methyl sites for hydroxylation is 2. The van der Waals surface area contributed by atoms with Crippen molar-refractivity contribution in [3.05, 3.63) is 94.6 Å². The summed E-state index contributed by atoms with van der Waals surface area (Å²) in [7, 11) is 0. The molecule has 1 atom stereocenters. The average molecular weight is 302 g/mol. The van der Waals surface area contributed by atoms with Gasteiger partial charge in [0.1, 0.15) is 0 Å². The van der Waals surface area contributed by atoms with E-state index in [1.54, 1.807) is 5.57 Å². The third-order valence-corrected chi connectivity index (χ3v) is 4.76. The third kappa shape index (κ3) is 3.47. The van der Waals surface area contributed by atoms with Crippen LogP contribution in [0, 0.1) is 19.8 Å². The Bertz CT molecular complexity index is 688. The lowest BCUT2D eigenvalue weighted by molar-refractivity contribution is 0.626. The second kappa shape index (κ2) is 7.00. The van der Waals surface area contributed by atoms with Gasteiger partial charge in [-0.1, -0.05) is 96.8 Å². The molecule has 0 saturated carbocycles. The number of allylic oxidation sites excluding steroid dienone is 4. The molecule has 2 aromatic carbocycles. The standard InChI is InChI=1S/C23H26/c1-4-8-19-11-7-14-22(19)23(20-12-5-9-17(2)15-20)21-13-6-10-18(3)16-21/h5-7,9-16,22-23H,4,8H2,1-3H3. The quantitative estimate of drug-likeness (QED) is 0.604. The molecule has 2 aromatic rings. The molecule has 0 aliphatic heterocycles. The summed E-state index contributed by atoms with van der Waals surface area (Å²) in [5, 5.41) is 0. The number of benzene rings is 2. The lowest BCUT2D eigenvalue weighted by Gasteiger charge is -2.27. The van der Waals surface area contributed by atoms with Crippen LogP contribution in [-0.4, -0.2) is 0 Å². The molecule has 0 saturated heterocycles. The van der Waals surface area contributed by atoms with E-state index in [1.807, 2.05) is 0 Å². The minimum Gasteiger partial charge on any atom is -0.0764 e. The summed E-state index contributed by atoms with van der Waals surface area (Å²) >= 11 is 0. The molecule has 0 amide bonds. The van der Waals surface area contributed by atoms with Crippen molar-refractivity contribution >= 4 is 0 Å². The number of hydrogen-bond acceptors (Lipinski definition) is 0. The Morgan fingerprint density at radius 3 is 2.04 bits per heavy atom. The highest BCUT2D eigenvalue weighted by Gasteiger charge is 2.27. The van der Waals surface area contributed by atoms with Gasteiger partial charge in [0.05, 0.1) is 0 Å². The Labute approximate surface area is 140 Å². The number of rotatable bonds is 5. The maximum Gasteiger partial charge on any atom is 0.0190 e. The highest BCUT2D eigenvalue weighted by atomic mass is 14.3. The molecule has 0 N–H and O–H groups in total. The van der Waals surface area contributed by atoms with Crippen LogP contribution in [0.5, 0.6) is 0 Å². The number of hydrogen-bond donors (Lipinski definition) is 0. The van der Waals surface area contributed by atoms with Crippen molar-refractivity contribution < 1.29 is 0 Å². The van der Waals surface area contributed by atoms with Crippen molar-refractivity contribution in [2.75, 3.05) is 0 Å². The van der Waals surface area contributed by atoms with Crippen LogP contribution in [0.2, 0.25) is 0 Å². The lowest BCUT2D eigenvalue weighted by atomic mass is 9.76. The Morgan fingerprint density at radius 2 is 1.52 bits per heavy atom. The van der Waals surface area contributed by atoms with Gasteiger partial charge in [-0.05, 0) is 31.4 Å². The van der Waals surface area contributed by atoms with Crippen molar-refractivity contribution in [3.8, 4) is 0 Å². The molecule has 0 nitrogen and oxygen atoms in total. The van der Waals surface area contributed by atoms with E-state index in [2.05, 4.69) is 87.5 Å². The molecule has 0 aromatic heterocycles. The van der Waals surface area contributed by atoms with Gasteiger partial charge in [0.2, 0.25) is 0 Å². The molecular weight excluding hydrogens is 276 g/mol. The zero-order valence-electron chi connectivity index (χ0n) is 14.4. The molecule has 0 fully saturated rings. The van der Waals surface area contributed by atoms with E-state index in [4.69, 9.17) is 0 Å². The summed E-state index contributed by atoms with van der Waals surface area (Å²) in [5.74, 6) is 0.893. The summed E-state index contributed by atoms with van der Waals surface area (Å²) in [6, 6.07) is 18.0. The maximum atomic E-state index is 2.39. The minimum atomic E-state index is 0.409. The first-order valence-corrected chi connectivity index (χ1v) is 8.69. The summed E-state index contributed by atoms with van der Waals surface area (Å²) < 4.78 is 0. The normalized spacial score (nSPS) is 16.9. The summed E-state index contributed by atoms with van der Waals surface area (Å²) in [5.41, 5.74) is 7.09. The minimum absolute atomic E-state index is 0.409. The van der Waals surface area contributed by atoms with Crippen LogP contribution in [-0.2, 0) is 0 Å². The molecule has 1 aliphatic carbocycles. The first-order chi connectivity index (χ1) is 11.2. The second-order valence-corrected chi connectivity index (χ2v) is 6.71. The van der Waals surface area contributed by atoms with Crippen LogP contribution in [0.3, 0.4) is 0 Å². The molecule has 3 rings (SSSR count). The molecule has 0 bridgehead atoms. The molecule has 23 heavy (non-hydrogen) atoms. The zero-order chi connectivity index (χ0) is 16.2. The van der Waals surface area contributed by atoms with Crippen LogP contribution in [0.15, 0.2) is 72.3 Å².